The molecule has 0 rings (SSSR count). The van der Waals surface area contributed by atoms with Crippen molar-refractivity contribution in [1.82, 2.24) is 0 Å². The molecule has 0 fully saturated rings. The van der Waals surface area contributed by atoms with Crippen LogP contribution in [0.4, 0.5) is 0 Å². The maximum absolute atomic E-state index is 0. The van der Waals surface area contributed by atoms with Gasteiger partial charge in [-0.1, -0.05) is 0 Å². The van der Waals surface area contributed by atoms with Gasteiger partial charge in [0, 0.05) is 0 Å². The first-order chi connectivity index (χ1) is 0. The summed E-state index contributed by atoms with van der Waals surface area (Å²) in [6.07, 6.45) is 0. The van der Waals surface area contributed by atoms with Crippen molar-refractivity contribution in [1.29, 1.82) is 0 Å². The molecule has 0 bridgehead atoms. The average Bonchev–Trinajstić information content (AvgIpc) is 0. The second-order valence-corrected chi connectivity index (χ2v) is 0. The molecule has 0 spiro atoms. The molecule has 0 aliphatic heterocycles. The molecular formula is HCuF2O-. The average molecular weight is 119 g/mol. The Labute approximate surface area is 32.9 Å². The minimum absolute atomic E-state index is 0. The van der Waals surface area contributed by atoms with Crippen molar-refractivity contribution < 1.29 is 32.0 Å². The van der Waals surface area contributed by atoms with E-state index >= 15 is 0 Å². The summed E-state index contributed by atoms with van der Waals surface area (Å²) in [7, 11) is 0. The molecule has 0 aromatic heterocycles. The summed E-state index contributed by atoms with van der Waals surface area (Å²) >= 11 is 0. The van der Waals surface area contributed by atoms with Crippen LogP contribution in [0.1, 0.15) is 0 Å². The van der Waals surface area contributed by atoms with Crippen LogP contribution in [0.2, 0.25) is 0 Å². The molecule has 0 aliphatic rings. The van der Waals surface area contributed by atoms with Crippen molar-refractivity contribution in [3.63, 3.8) is 0 Å². The van der Waals surface area contributed by atoms with Crippen LogP contribution in [0.25, 0.3) is 0 Å². The summed E-state index contributed by atoms with van der Waals surface area (Å²) in [6, 6.07) is 0. The maximum Gasteiger partial charge on any atom is 2.00 e. The Morgan fingerprint density at radius 1 is 0.750 bits per heavy atom. The predicted molar refractivity (Wildman–Crippen MR) is 1.94 cm³/mol. The molecule has 0 saturated carbocycles. The summed E-state index contributed by atoms with van der Waals surface area (Å²) in [5.74, 6) is 0. The molecule has 4 heteroatoms. The van der Waals surface area contributed by atoms with E-state index in [2.05, 4.69) is 0 Å². The van der Waals surface area contributed by atoms with Crippen molar-refractivity contribution in [2.24, 2.45) is 0 Å². The van der Waals surface area contributed by atoms with E-state index in [9.17, 15) is 0 Å². The largest absolute Gasteiger partial charge is 2.00 e. The summed E-state index contributed by atoms with van der Waals surface area (Å²) in [5.41, 5.74) is 0. The fourth-order valence-corrected chi connectivity index (χ4v) is 0. The monoisotopic (exact) mass is 118 g/mol. The molecule has 0 aromatic rings. The second-order valence-electron chi connectivity index (χ2n) is 0. The summed E-state index contributed by atoms with van der Waals surface area (Å²) < 4.78 is 0. The van der Waals surface area contributed by atoms with E-state index in [4.69, 9.17) is 0 Å². The molecule has 0 aliphatic carbocycles. The van der Waals surface area contributed by atoms with Crippen LogP contribution >= 0.6 is 0 Å². The van der Waals surface area contributed by atoms with E-state index in [0.717, 1.165) is 0 Å². The smallest absolute Gasteiger partial charge is 1.00 e. The van der Waals surface area contributed by atoms with Crippen LogP contribution < -0.4 is 9.41 Å². The third-order valence-electron chi connectivity index (χ3n) is 0. The van der Waals surface area contributed by atoms with Crippen LogP contribution in [0.3, 0.4) is 0 Å². The molecule has 1 nitrogen and oxygen atoms in total. The van der Waals surface area contributed by atoms with Crippen LogP contribution in [-0.4, -0.2) is 5.48 Å². The molecule has 4 heavy (non-hydrogen) atoms. The minimum Gasteiger partial charge on any atom is -1.00 e. The zero-order valence-corrected chi connectivity index (χ0v) is 2.45. The predicted octanol–water partition coefficient (Wildman–Crippen LogP) is -6.17. The molecule has 0 heterocycles. The van der Waals surface area contributed by atoms with Gasteiger partial charge in [-0.05, 0) is 0 Å². The molecular weight excluding hydrogens is 118 g/mol. The fraction of sp³-hybridized carbons (Fsp3) is 0. The second kappa shape index (κ2) is 159. The van der Waals surface area contributed by atoms with Gasteiger partial charge in [0.25, 0.3) is 0 Å². The number of hydrogen-bond donors (Lipinski definition) is 0. The topological polar surface area (TPSA) is 30.0 Å². The first-order valence-electron chi connectivity index (χ1n) is 0. The Kier molecular flexibility index (Phi) is 16600. The molecule has 0 saturated heterocycles. The van der Waals surface area contributed by atoms with Gasteiger partial charge in [0.1, 0.15) is 0 Å². The Balaban J connectivity index is 0. The first kappa shape index (κ1) is 420. The van der Waals surface area contributed by atoms with E-state index < -0.39 is 0 Å². The molecule has 0 unspecified atom stereocenters. The Morgan fingerprint density at radius 3 is 0.750 bits per heavy atom. The zero-order valence-electron chi connectivity index (χ0n) is 1.50. The van der Waals surface area contributed by atoms with Crippen molar-refractivity contribution in [3.05, 3.63) is 0 Å². The summed E-state index contributed by atoms with van der Waals surface area (Å²) in [6.45, 7) is 0. The van der Waals surface area contributed by atoms with E-state index in [-0.39, 0.29) is 32.0 Å². The molecule has 0 aromatic carbocycles. The number of halogens is 2. The van der Waals surface area contributed by atoms with E-state index in [0.29, 0.717) is 0 Å². The van der Waals surface area contributed by atoms with Gasteiger partial charge in [-0.2, -0.15) is 0 Å². The van der Waals surface area contributed by atoms with Crippen LogP contribution in [0.5, 0.6) is 0 Å². The van der Waals surface area contributed by atoms with Crippen molar-refractivity contribution in [2.45, 2.75) is 0 Å². The van der Waals surface area contributed by atoms with E-state index in [1.807, 2.05) is 0 Å². The van der Waals surface area contributed by atoms with Gasteiger partial charge in [-0.25, -0.2) is 0 Å². The fourth-order valence-electron chi connectivity index (χ4n) is 0. The van der Waals surface area contributed by atoms with Crippen molar-refractivity contribution in [2.75, 3.05) is 0 Å². The maximum atomic E-state index is 0. The Morgan fingerprint density at radius 2 is 0.750 bits per heavy atom. The SMILES string of the molecule is [Cu+2].[F-].[F-].[OH-]. The van der Waals surface area contributed by atoms with Gasteiger partial charge in [0.2, 0.25) is 0 Å². The zero-order chi connectivity index (χ0) is 0. The Bertz CT molecular complexity index is 6.00. The van der Waals surface area contributed by atoms with Crippen molar-refractivity contribution in [3.8, 4) is 0 Å². The van der Waals surface area contributed by atoms with Gasteiger partial charge in [0.05, 0.1) is 0 Å². The van der Waals surface area contributed by atoms with Gasteiger partial charge in [0.15, 0.2) is 0 Å². The van der Waals surface area contributed by atoms with Crippen LogP contribution in [0, 0.1) is 0 Å². The quantitative estimate of drug-likeness (QED) is 0.291. The van der Waals surface area contributed by atoms with E-state index in [1.165, 1.54) is 0 Å². The molecule has 0 amide bonds. The third-order valence-corrected chi connectivity index (χ3v) is 0. The van der Waals surface area contributed by atoms with Crippen molar-refractivity contribution >= 4 is 0 Å². The molecule has 33 valence electrons. The minimum atomic E-state index is 0. The molecule has 1 radical (unpaired) electrons. The number of hydrogen-bond acceptors (Lipinski definition) is 1. The molecule has 1 N–H and O–H groups in total. The van der Waals surface area contributed by atoms with Gasteiger partial charge in [-0.3, -0.25) is 0 Å². The van der Waals surface area contributed by atoms with Gasteiger partial charge in [-0.15, -0.1) is 0 Å². The third kappa shape index (κ3) is 36.4. The number of rotatable bonds is 0. The van der Waals surface area contributed by atoms with Crippen LogP contribution in [-0.2, 0) is 17.1 Å². The normalized spacial score (nSPS) is 0. The molecule has 0 atom stereocenters. The standard InChI is InChI=1S/Cu.2FH.H2O/h;2*1H;1H2/q+2;;;/p-3. The van der Waals surface area contributed by atoms with Crippen LogP contribution in [0.15, 0.2) is 0 Å². The van der Waals surface area contributed by atoms with Gasteiger partial charge >= 0.3 is 17.1 Å². The Hall–Kier alpha value is 0.339. The first-order valence-corrected chi connectivity index (χ1v) is 0. The van der Waals surface area contributed by atoms with Gasteiger partial charge < -0.3 is 14.9 Å². The van der Waals surface area contributed by atoms with E-state index in [1.54, 1.807) is 0 Å². The summed E-state index contributed by atoms with van der Waals surface area (Å²) in [4.78, 5) is 0. The summed E-state index contributed by atoms with van der Waals surface area (Å²) in [5, 5.41) is 0.